The maximum Gasteiger partial charge on any atom is 0.343 e. The second-order valence-electron chi connectivity index (χ2n) is 5.54. The minimum Gasteiger partial charge on any atom is -0.506 e. The van der Waals surface area contributed by atoms with Crippen LogP contribution in [0.15, 0.2) is 28.8 Å². The van der Waals surface area contributed by atoms with Gasteiger partial charge in [0, 0.05) is 9.78 Å². The van der Waals surface area contributed by atoms with E-state index in [0.29, 0.717) is 0 Å². The molecule has 0 heterocycles. The first kappa shape index (κ1) is 18.6. The molecule has 0 spiro atoms. The molecule has 6 heteroatoms. The Morgan fingerprint density at radius 3 is 2.64 bits per heavy atom. The lowest BCUT2D eigenvalue weighted by atomic mass is 10.1. The average Bonchev–Trinajstić information content (AvgIpc) is 2.40. The molecule has 0 aliphatic carbocycles. The Balaban J connectivity index is 3.42. The quantitative estimate of drug-likeness (QED) is 0.263. The third kappa shape index (κ3) is 5.40. The fourth-order valence-electron chi connectivity index (χ4n) is 1.50. The molecular weight excluding hydrogens is 400 g/mol. The summed E-state index contributed by atoms with van der Waals surface area (Å²) in [6.45, 7) is 7.33. The summed E-state index contributed by atoms with van der Waals surface area (Å²) in [7, 11) is 0. The van der Waals surface area contributed by atoms with Gasteiger partial charge < -0.3 is 9.84 Å². The summed E-state index contributed by atoms with van der Waals surface area (Å²) in [5, 5.41) is 10.3. The molecule has 0 radical (unpaired) electrons. The highest BCUT2D eigenvalue weighted by Gasteiger charge is 2.20. The molecule has 1 rings (SSSR count). The van der Waals surface area contributed by atoms with Gasteiger partial charge in [-0.25, -0.2) is 9.18 Å². The molecule has 0 atom stereocenters. The third-order valence-corrected chi connectivity index (χ3v) is 3.19. The Bertz CT molecular complexity index is 618. The number of halogens is 2. The summed E-state index contributed by atoms with van der Waals surface area (Å²) in [6, 6.07) is 4.26. The van der Waals surface area contributed by atoms with E-state index in [4.69, 9.17) is 4.74 Å². The topological polar surface area (TPSA) is 58.9 Å². The molecule has 1 N–H and O–H groups in total. The Kier molecular flexibility index (Phi) is 6.52. The van der Waals surface area contributed by atoms with Gasteiger partial charge in [0.2, 0.25) is 0 Å². The van der Waals surface area contributed by atoms with Crippen LogP contribution >= 0.6 is 22.6 Å². The number of carbonyl (C=O) groups excluding carboxylic acids is 1. The Morgan fingerprint density at radius 1 is 1.45 bits per heavy atom. The lowest BCUT2D eigenvalue weighted by molar-refractivity contribution is -0.137. The molecule has 0 aliphatic heterocycles. The van der Waals surface area contributed by atoms with Gasteiger partial charge in [-0.1, -0.05) is 0 Å². The van der Waals surface area contributed by atoms with E-state index in [9.17, 15) is 14.3 Å². The van der Waals surface area contributed by atoms with E-state index in [1.165, 1.54) is 18.3 Å². The van der Waals surface area contributed by atoms with Crippen molar-refractivity contribution in [3.8, 4) is 0 Å². The number of benzene rings is 1. The SMILES string of the molecule is CCOC(=O)/C(C=NC(C)(C)C)=C(\O)c1cc(I)ccc1F. The van der Waals surface area contributed by atoms with E-state index in [-0.39, 0.29) is 17.7 Å². The molecular formula is C16H19FINO3. The Labute approximate surface area is 143 Å². The van der Waals surface area contributed by atoms with Crippen LogP contribution in [0, 0.1) is 9.39 Å². The fraction of sp³-hybridized carbons (Fsp3) is 0.375. The number of rotatable bonds is 4. The second kappa shape index (κ2) is 7.71. The first-order chi connectivity index (χ1) is 10.2. The lowest BCUT2D eigenvalue weighted by Gasteiger charge is -2.13. The number of aliphatic hydroxyl groups is 1. The maximum absolute atomic E-state index is 13.9. The molecule has 0 saturated heterocycles. The number of carbonyl (C=O) groups is 1. The van der Waals surface area contributed by atoms with Gasteiger partial charge in [-0.05, 0) is 68.5 Å². The summed E-state index contributed by atoms with van der Waals surface area (Å²) in [4.78, 5) is 16.2. The van der Waals surface area contributed by atoms with Crippen LogP contribution in [0.2, 0.25) is 0 Å². The van der Waals surface area contributed by atoms with Crippen LogP contribution in [-0.4, -0.2) is 29.4 Å². The van der Waals surface area contributed by atoms with Crippen LogP contribution in [0.5, 0.6) is 0 Å². The Hall–Kier alpha value is -1.44. The summed E-state index contributed by atoms with van der Waals surface area (Å²) in [6.07, 6.45) is 1.23. The standard InChI is InChI=1S/C16H19FINO3/c1-5-22-15(21)12(9-19-16(2,3)4)14(20)11-8-10(18)6-7-13(11)17/h6-9,20H,5H2,1-4H3/b14-12-,19-9?. The molecule has 0 amide bonds. The lowest BCUT2D eigenvalue weighted by Crippen LogP contribution is -2.15. The zero-order chi connectivity index (χ0) is 16.9. The molecule has 1 aromatic rings. The molecule has 0 aliphatic rings. The first-order valence-corrected chi connectivity index (χ1v) is 7.84. The smallest absolute Gasteiger partial charge is 0.343 e. The normalized spacial score (nSPS) is 13.2. The first-order valence-electron chi connectivity index (χ1n) is 6.76. The van der Waals surface area contributed by atoms with E-state index >= 15 is 0 Å². The summed E-state index contributed by atoms with van der Waals surface area (Å²) < 4.78 is 19.6. The highest BCUT2D eigenvalue weighted by Crippen LogP contribution is 2.22. The van der Waals surface area contributed by atoms with Gasteiger partial charge in [0.1, 0.15) is 17.1 Å². The monoisotopic (exact) mass is 419 g/mol. The molecule has 22 heavy (non-hydrogen) atoms. The van der Waals surface area contributed by atoms with E-state index in [2.05, 4.69) is 4.99 Å². The van der Waals surface area contributed by atoms with Crippen molar-refractivity contribution in [1.82, 2.24) is 0 Å². The van der Waals surface area contributed by atoms with Crippen molar-refractivity contribution in [2.24, 2.45) is 4.99 Å². The molecule has 0 fully saturated rings. The van der Waals surface area contributed by atoms with Crippen molar-refractivity contribution in [2.45, 2.75) is 33.2 Å². The molecule has 0 unspecified atom stereocenters. The number of aliphatic hydroxyl groups excluding tert-OH is 1. The van der Waals surface area contributed by atoms with Crippen molar-refractivity contribution in [1.29, 1.82) is 0 Å². The number of nitrogens with zero attached hydrogens (tertiary/aromatic N) is 1. The van der Waals surface area contributed by atoms with Crippen LogP contribution in [0.1, 0.15) is 33.3 Å². The van der Waals surface area contributed by atoms with Gasteiger partial charge >= 0.3 is 5.97 Å². The third-order valence-electron chi connectivity index (χ3n) is 2.51. The fourth-order valence-corrected chi connectivity index (χ4v) is 1.99. The number of hydrogen-bond acceptors (Lipinski definition) is 4. The number of aliphatic imine (C=N–C) groups is 1. The van der Waals surface area contributed by atoms with E-state index < -0.39 is 23.1 Å². The molecule has 1 aromatic carbocycles. The zero-order valence-corrected chi connectivity index (χ0v) is 15.1. The molecule has 120 valence electrons. The number of ether oxygens (including phenoxy) is 1. The van der Waals surface area contributed by atoms with Crippen LogP contribution in [0.3, 0.4) is 0 Å². The average molecular weight is 419 g/mol. The van der Waals surface area contributed by atoms with Crippen molar-refractivity contribution in [2.75, 3.05) is 6.61 Å². The van der Waals surface area contributed by atoms with Crippen molar-refractivity contribution in [3.05, 3.63) is 38.7 Å². The molecule has 4 nitrogen and oxygen atoms in total. The maximum atomic E-state index is 13.9. The van der Waals surface area contributed by atoms with E-state index in [1.54, 1.807) is 13.0 Å². The highest BCUT2D eigenvalue weighted by atomic mass is 127. The Morgan fingerprint density at radius 2 is 2.09 bits per heavy atom. The zero-order valence-electron chi connectivity index (χ0n) is 13.0. The van der Waals surface area contributed by atoms with Crippen LogP contribution in [0.25, 0.3) is 5.76 Å². The van der Waals surface area contributed by atoms with Crippen molar-refractivity contribution >= 4 is 40.5 Å². The second-order valence-corrected chi connectivity index (χ2v) is 6.78. The molecule has 0 bridgehead atoms. The highest BCUT2D eigenvalue weighted by molar-refractivity contribution is 14.1. The van der Waals surface area contributed by atoms with E-state index in [1.807, 2.05) is 43.4 Å². The van der Waals surface area contributed by atoms with Crippen LogP contribution in [-0.2, 0) is 9.53 Å². The van der Waals surface area contributed by atoms with Gasteiger partial charge in [0.25, 0.3) is 0 Å². The summed E-state index contributed by atoms with van der Waals surface area (Å²) in [5.74, 6) is -1.85. The molecule has 0 saturated carbocycles. The number of hydrogen-bond donors (Lipinski definition) is 1. The van der Waals surface area contributed by atoms with Crippen molar-refractivity contribution < 1.29 is 19.0 Å². The van der Waals surface area contributed by atoms with Crippen LogP contribution < -0.4 is 0 Å². The van der Waals surface area contributed by atoms with Gasteiger partial charge in [-0.3, -0.25) is 4.99 Å². The predicted molar refractivity (Wildman–Crippen MR) is 93.5 cm³/mol. The number of esters is 1. The van der Waals surface area contributed by atoms with Gasteiger partial charge in [-0.15, -0.1) is 0 Å². The van der Waals surface area contributed by atoms with Crippen LogP contribution in [0.4, 0.5) is 4.39 Å². The van der Waals surface area contributed by atoms with Crippen molar-refractivity contribution in [3.63, 3.8) is 0 Å². The molecule has 0 aromatic heterocycles. The summed E-state index contributed by atoms with van der Waals surface area (Å²) in [5.41, 5.74) is -0.671. The summed E-state index contributed by atoms with van der Waals surface area (Å²) >= 11 is 2.00. The van der Waals surface area contributed by atoms with E-state index in [0.717, 1.165) is 3.57 Å². The van der Waals surface area contributed by atoms with Gasteiger partial charge in [0.15, 0.2) is 0 Å². The minimum absolute atomic E-state index is 0.0599. The minimum atomic E-state index is -0.744. The van der Waals surface area contributed by atoms with Gasteiger partial charge in [-0.2, -0.15) is 0 Å². The predicted octanol–water partition coefficient (Wildman–Crippen LogP) is 4.13. The van der Waals surface area contributed by atoms with Gasteiger partial charge in [0.05, 0.1) is 17.7 Å². The largest absolute Gasteiger partial charge is 0.506 e.